The van der Waals surface area contributed by atoms with E-state index in [2.05, 4.69) is 45.3 Å². The molecule has 0 unspecified atom stereocenters. The quantitative estimate of drug-likeness (QED) is 0.393. The number of hydrogen-bond acceptors (Lipinski definition) is 3. The Hall–Kier alpha value is -3.18. The Labute approximate surface area is 177 Å². The zero-order valence-electron chi connectivity index (χ0n) is 15.9. The van der Waals surface area contributed by atoms with Crippen molar-refractivity contribution in [1.29, 1.82) is 0 Å². The molecule has 0 saturated heterocycles. The standard InChI is InChI=1S/C24H19BrN2O2/c1-16-5-6-19(24-26-11-12-29-24)15-22(16)18-7-9-21(10-8-18)27-23(28)14-17-3-2-4-20(25)13-17/h2-13,15H,14H2,1H3,(H,27,28). The van der Waals surface area contributed by atoms with E-state index >= 15 is 0 Å². The van der Waals surface area contributed by atoms with Crippen molar-refractivity contribution in [3.05, 3.63) is 94.8 Å². The van der Waals surface area contributed by atoms with Crippen molar-refractivity contribution in [1.82, 2.24) is 4.98 Å². The molecule has 1 amide bonds. The monoisotopic (exact) mass is 446 g/mol. The number of anilines is 1. The van der Waals surface area contributed by atoms with Gasteiger partial charge in [-0.1, -0.05) is 46.3 Å². The molecule has 29 heavy (non-hydrogen) atoms. The van der Waals surface area contributed by atoms with Gasteiger partial charge in [0.25, 0.3) is 0 Å². The van der Waals surface area contributed by atoms with Gasteiger partial charge in [0.05, 0.1) is 12.6 Å². The summed E-state index contributed by atoms with van der Waals surface area (Å²) in [5, 5.41) is 2.96. The van der Waals surface area contributed by atoms with Crippen LogP contribution in [0.25, 0.3) is 22.6 Å². The molecule has 3 aromatic carbocycles. The minimum atomic E-state index is -0.0436. The first-order valence-corrected chi connectivity index (χ1v) is 10.0. The normalized spacial score (nSPS) is 10.7. The van der Waals surface area contributed by atoms with Crippen LogP contribution in [0.1, 0.15) is 11.1 Å². The number of nitrogens with one attached hydrogen (secondary N) is 1. The minimum Gasteiger partial charge on any atom is -0.445 e. The van der Waals surface area contributed by atoms with Gasteiger partial charge >= 0.3 is 0 Å². The molecule has 0 saturated carbocycles. The lowest BCUT2D eigenvalue weighted by molar-refractivity contribution is -0.115. The van der Waals surface area contributed by atoms with Gasteiger partial charge in [-0.3, -0.25) is 4.79 Å². The highest BCUT2D eigenvalue weighted by molar-refractivity contribution is 9.10. The van der Waals surface area contributed by atoms with E-state index in [9.17, 15) is 4.79 Å². The van der Waals surface area contributed by atoms with Crippen LogP contribution in [-0.2, 0) is 11.2 Å². The summed E-state index contributed by atoms with van der Waals surface area (Å²) in [7, 11) is 0. The molecule has 0 radical (unpaired) electrons. The summed E-state index contributed by atoms with van der Waals surface area (Å²) in [5.74, 6) is 0.556. The Balaban J connectivity index is 1.49. The molecule has 0 aliphatic rings. The van der Waals surface area contributed by atoms with Crippen molar-refractivity contribution >= 4 is 27.5 Å². The number of benzene rings is 3. The molecule has 4 aromatic rings. The van der Waals surface area contributed by atoms with Crippen molar-refractivity contribution in [3.63, 3.8) is 0 Å². The van der Waals surface area contributed by atoms with Crippen molar-refractivity contribution in [2.24, 2.45) is 0 Å². The fraction of sp³-hybridized carbons (Fsp3) is 0.0833. The fourth-order valence-electron chi connectivity index (χ4n) is 3.20. The predicted molar refractivity (Wildman–Crippen MR) is 119 cm³/mol. The number of oxazole rings is 1. The lowest BCUT2D eigenvalue weighted by Gasteiger charge is -2.10. The molecule has 0 aliphatic carbocycles. The van der Waals surface area contributed by atoms with Gasteiger partial charge in [-0.2, -0.15) is 0 Å². The van der Waals surface area contributed by atoms with Crippen LogP contribution < -0.4 is 5.32 Å². The van der Waals surface area contributed by atoms with Crippen LogP contribution in [-0.4, -0.2) is 10.9 Å². The van der Waals surface area contributed by atoms with Crippen molar-refractivity contribution < 1.29 is 9.21 Å². The SMILES string of the molecule is Cc1ccc(-c2ncco2)cc1-c1ccc(NC(=O)Cc2cccc(Br)c2)cc1. The van der Waals surface area contributed by atoms with E-state index in [0.717, 1.165) is 38.0 Å². The zero-order chi connectivity index (χ0) is 20.2. The first kappa shape index (κ1) is 19.2. The van der Waals surface area contributed by atoms with Crippen molar-refractivity contribution in [3.8, 4) is 22.6 Å². The molecule has 0 spiro atoms. The fourth-order valence-corrected chi connectivity index (χ4v) is 3.65. The van der Waals surface area contributed by atoms with E-state index in [1.54, 1.807) is 12.5 Å². The van der Waals surface area contributed by atoms with Crippen LogP contribution in [0, 0.1) is 6.92 Å². The van der Waals surface area contributed by atoms with Crippen LogP contribution >= 0.6 is 15.9 Å². The molecule has 0 bridgehead atoms. The van der Waals surface area contributed by atoms with Crippen LogP contribution in [0.15, 0.2) is 88.1 Å². The summed E-state index contributed by atoms with van der Waals surface area (Å²) in [6, 6.07) is 21.8. The third kappa shape index (κ3) is 4.63. The van der Waals surface area contributed by atoms with Crippen LogP contribution in [0.4, 0.5) is 5.69 Å². The third-order valence-electron chi connectivity index (χ3n) is 4.65. The Kier molecular flexibility index (Phi) is 5.58. The second-order valence-electron chi connectivity index (χ2n) is 6.80. The smallest absolute Gasteiger partial charge is 0.228 e. The molecule has 1 N–H and O–H groups in total. The molecular formula is C24H19BrN2O2. The second kappa shape index (κ2) is 8.45. The Morgan fingerprint density at radius 2 is 1.83 bits per heavy atom. The second-order valence-corrected chi connectivity index (χ2v) is 7.71. The van der Waals surface area contributed by atoms with Crippen molar-refractivity contribution in [2.75, 3.05) is 5.32 Å². The van der Waals surface area contributed by atoms with E-state index in [-0.39, 0.29) is 5.91 Å². The van der Waals surface area contributed by atoms with Crippen LogP contribution in [0.3, 0.4) is 0 Å². The van der Waals surface area contributed by atoms with Crippen LogP contribution in [0.5, 0.6) is 0 Å². The average Bonchev–Trinajstić information content (AvgIpc) is 3.24. The number of rotatable bonds is 5. The summed E-state index contributed by atoms with van der Waals surface area (Å²) in [5.41, 5.74) is 6.00. The highest BCUT2D eigenvalue weighted by Gasteiger charge is 2.09. The molecule has 0 fully saturated rings. The van der Waals surface area contributed by atoms with Gasteiger partial charge in [-0.05, 0) is 65.6 Å². The molecule has 4 nitrogen and oxygen atoms in total. The Morgan fingerprint density at radius 1 is 1.03 bits per heavy atom. The largest absolute Gasteiger partial charge is 0.445 e. The molecule has 144 valence electrons. The van der Waals surface area contributed by atoms with Crippen molar-refractivity contribution in [2.45, 2.75) is 13.3 Å². The molecular weight excluding hydrogens is 428 g/mol. The first-order chi connectivity index (χ1) is 14.1. The molecule has 5 heteroatoms. The Bertz CT molecular complexity index is 1140. The maximum atomic E-state index is 12.3. The maximum absolute atomic E-state index is 12.3. The summed E-state index contributed by atoms with van der Waals surface area (Å²) >= 11 is 3.43. The van der Waals surface area contributed by atoms with Gasteiger partial charge in [0.1, 0.15) is 6.26 Å². The number of amides is 1. The van der Waals surface area contributed by atoms with Gasteiger partial charge in [-0.25, -0.2) is 4.98 Å². The number of carbonyl (C=O) groups excluding carboxylic acids is 1. The highest BCUT2D eigenvalue weighted by Crippen LogP contribution is 2.29. The first-order valence-electron chi connectivity index (χ1n) is 9.24. The number of hydrogen-bond donors (Lipinski definition) is 1. The van der Waals surface area contributed by atoms with E-state index in [1.807, 2.05) is 54.6 Å². The zero-order valence-corrected chi connectivity index (χ0v) is 17.4. The molecule has 0 aliphatic heterocycles. The van der Waals surface area contributed by atoms with E-state index < -0.39 is 0 Å². The molecule has 0 atom stereocenters. The van der Waals surface area contributed by atoms with E-state index in [4.69, 9.17) is 4.42 Å². The number of aryl methyl sites for hydroxylation is 1. The van der Waals surface area contributed by atoms with Crippen LogP contribution in [0.2, 0.25) is 0 Å². The highest BCUT2D eigenvalue weighted by atomic mass is 79.9. The summed E-state index contributed by atoms with van der Waals surface area (Å²) in [4.78, 5) is 16.6. The third-order valence-corrected chi connectivity index (χ3v) is 5.14. The molecule has 4 rings (SSSR count). The maximum Gasteiger partial charge on any atom is 0.228 e. The topological polar surface area (TPSA) is 55.1 Å². The number of carbonyl (C=O) groups is 1. The number of nitrogens with zero attached hydrogens (tertiary/aromatic N) is 1. The van der Waals surface area contributed by atoms with Gasteiger partial charge in [0.15, 0.2) is 0 Å². The van der Waals surface area contributed by atoms with E-state index in [1.165, 1.54) is 0 Å². The van der Waals surface area contributed by atoms with Gasteiger partial charge in [-0.15, -0.1) is 0 Å². The van der Waals surface area contributed by atoms with Gasteiger partial charge in [0, 0.05) is 15.7 Å². The van der Waals surface area contributed by atoms with Gasteiger partial charge < -0.3 is 9.73 Å². The summed E-state index contributed by atoms with van der Waals surface area (Å²) < 4.78 is 6.37. The molecule has 1 heterocycles. The average molecular weight is 447 g/mol. The lowest BCUT2D eigenvalue weighted by atomic mass is 9.98. The summed E-state index contributed by atoms with van der Waals surface area (Å²) in [6.07, 6.45) is 3.54. The number of aromatic nitrogens is 1. The Morgan fingerprint density at radius 3 is 2.55 bits per heavy atom. The number of halogens is 1. The minimum absolute atomic E-state index is 0.0436. The lowest BCUT2D eigenvalue weighted by Crippen LogP contribution is -2.14. The predicted octanol–water partition coefficient (Wildman–Crippen LogP) is 6.26. The molecule has 1 aromatic heterocycles. The van der Waals surface area contributed by atoms with Gasteiger partial charge in [0.2, 0.25) is 11.8 Å². The summed E-state index contributed by atoms with van der Waals surface area (Å²) in [6.45, 7) is 2.07. The van der Waals surface area contributed by atoms with E-state index in [0.29, 0.717) is 12.3 Å².